The molecule has 0 aromatic carbocycles. The van der Waals surface area contributed by atoms with Crippen molar-refractivity contribution in [2.75, 3.05) is 11.9 Å². The summed E-state index contributed by atoms with van der Waals surface area (Å²) in [6, 6.07) is 0. The van der Waals surface area contributed by atoms with Crippen LogP contribution in [0.1, 0.15) is 34.1 Å². The molecule has 0 spiro atoms. The van der Waals surface area contributed by atoms with Crippen LogP contribution in [0, 0.1) is 5.92 Å². The van der Waals surface area contributed by atoms with Crippen molar-refractivity contribution in [1.29, 1.82) is 0 Å². The van der Waals surface area contributed by atoms with E-state index in [-0.39, 0.29) is 11.8 Å². The van der Waals surface area contributed by atoms with Gasteiger partial charge in [-0.1, -0.05) is 13.8 Å². The molecule has 0 aliphatic rings. The molecule has 1 rings (SSSR count). The predicted molar refractivity (Wildman–Crippen MR) is 71.9 cm³/mol. The van der Waals surface area contributed by atoms with Crippen molar-refractivity contribution in [3.8, 4) is 5.88 Å². The Morgan fingerprint density at radius 3 is 2.74 bits per heavy atom. The minimum Gasteiger partial charge on any atom is -0.476 e. The molecule has 1 aromatic heterocycles. The maximum absolute atomic E-state index is 11.5. The molecule has 0 unspecified atom stereocenters. The van der Waals surface area contributed by atoms with Crippen molar-refractivity contribution in [2.45, 2.75) is 39.7 Å². The number of nitrogens with one attached hydrogen (secondary N) is 1. The Balaban J connectivity index is 2.55. The third-order valence-electron chi connectivity index (χ3n) is 2.35. The fourth-order valence-corrected chi connectivity index (χ4v) is 1.15. The molecule has 1 aromatic rings. The van der Waals surface area contributed by atoms with Gasteiger partial charge < -0.3 is 15.2 Å². The zero-order chi connectivity index (χ0) is 14.5. The zero-order valence-corrected chi connectivity index (χ0v) is 11.8. The quantitative estimate of drug-likeness (QED) is 0.818. The van der Waals surface area contributed by atoms with Gasteiger partial charge in [-0.05, 0) is 13.8 Å². The number of ether oxygens (including phenoxy) is 1. The molecular formula is C13H21N3O3. The van der Waals surface area contributed by atoms with Crippen molar-refractivity contribution < 1.29 is 14.6 Å². The first-order valence-electron chi connectivity index (χ1n) is 6.26. The maximum atomic E-state index is 11.5. The molecule has 106 valence electrons. The van der Waals surface area contributed by atoms with Crippen LogP contribution in [0.4, 0.5) is 5.82 Å². The molecule has 0 saturated heterocycles. The summed E-state index contributed by atoms with van der Waals surface area (Å²) in [4.78, 5) is 19.6. The van der Waals surface area contributed by atoms with Gasteiger partial charge in [0.05, 0.1) is 24.6 Å². The fourth-order valence-electron chi connectivity index (χ4n) is 1.15. The third-order valence-corrected chi connectivity index (χ3v) is 2.35. The highest BCUT2D eigenvalue weighted by Crippen LogP contribution is 2.12. The van der Waals surface area contributed by atoms with E-state index < -0.39 is 5.60 Å². The van der Waals surface area contributed by atoms with Gasteiger partial charge in [0.1, 0.15) is 0 Å². The highest BCUT2D eigenvalue weighted by atomic mass is 16.5. The van der Waals surface area contributed by atoms with Crippen LogP contribution in [0.25, 0.3) is 0 Å². The lowest BCUT2D eigenvalue weighted by molar-refractivity contribution is -0.118. The first kappa shape index (κ1) is 15.4. The number of hydrogen-bond donors (Lipinski definition) is 2. The van der Waals surface area contributed by atoms with Gasteiger partial charge in [-0.3, -0.25) is 9.78 Å². The van der Waals surface area contributed by atoms with E-state index in [1.165, 1.54) is 12.4 Å². The van der Waals surface area contributed by atoms with Crippen LogP contribution < -0.4 is 10.1 Å². The average molecular weight is 267 g/mol. The molecule has 0 aliphatic heterocycles. The lowest BCUT2D eigenvalue weighted by Crippen LogP contribution is -2.22. The summed E-state index contributed by atoms with van der Waals surface area (Å²) in [6.45, 7) is 7.35. The molecular weight excluding hydrogens is 246 g/mol. The Morgan fingerprint density at radius 2 is 2.16 bits per heavy atom. The van der Waals surface area contributed by atoms with Gasteiger partial charge in [0, 0.05) is 12.3 Å². The molecule has 0 fully saturated rings. The van der Waals surface area contributed by atoms with Crippen molar-refractivity contribution in [3.63, 3.8) is 0 Å². The van der Waals surface area contributed by atoms with Gasteiger partial charge in [0.2, 0.25) is 11.8 Å². The SMILES string of the molecule is CC(C)C(=O)Nc1cncc(OCCC(C)(C)O)n1. The van der Waals surface area contributed by atoms with E-state index in [1.807, 2.05) is 0 Å². The summed E-state index contributed by atoms with van der Waals surface area (Å²) in [5.41, 5.74) is -0.781. The Morgan fingerprint density at radius 1 is 1.47 bits per heavy atom. The number of carbonyl (C=O) groups excluding carboxylic acids is 1. The highest BCUT2D eigenvalue weighted by Gasteiger charge is 2.13. The number of hydrogen-bond acceptors (Lipinski definition) is 5. The van der Waals surface area contributed by atoms with Crippen molar-refractivity contribution in [1.82, 2.24) is 9.97 Å². The second-order valence-corrected chi connectivity index (χ2v) is 5.30. The van der Waals surface area contributed by atoms with E-state index in [2.05, 4.69) is 15.3 Å². The molecule has 0 saturated carbocycles. The van der Waals surface area contributed by atoms with Crippen molar-refractivity contribution >= 4 is 11.7 Å². The highest BCUT2D eigenvalue weighted by molar-refractivity contribution is 5.90. The number of amides is 1. The van der Waals surface area contributed by atoms with Gasteiger partial charge in [0.25, 0.3) is 0 Å². The third kappa shape index (κ3) is 6.15. The predicted octanol–water partition coefficient (Wildman–Crippen LogP) is 1.61. The van der Waals surface area contributed by atoms with Gasteiger partial charge in [-0.15, -0.1) is 0 Å². The molecule has 0 bridgehead atoms. The molecule has 6 heteroatoms. The number of aliphatic hydroxyl groups is 1. The molecule has 1 heterocycles. The largest absolute Gasteiger partial charge is 0.476 e. The molecule has 6 nitrogen and oxygen atoms in total. The van der Waals surface area contributed by atoms with E-state index in [1.54, 1.807) is 27.7 Å². The number of rotatable bonds is 6. The number of aromatic nitrogens is 2. The Labute approximate surface area is 113 Å². The van der Waals surface area contributed by atoms with Crippen LogP contribution in [0.15, 0.2) is 12.4 Å². The van der Waals surface area contributed by atoms with Crippen LogP contribution in [0.2, 0.25) is 0 Å². The summed E-state index contributed by atoms with van der Waals surface area (Å²) in [5, 5.41) is 12.2. The molecule has 0 aliphatic carbocycles. The van der Waals surface area contributed by atoms with Crippen molar-refractivity contribution in [3.05, 3.63) is 12.4 Å². The molecule has 0 atom stereocenters. The Hall–Kier alpha value is -1.69. The van der Waals surface area contributed by atoms with E-state index in [4.69, 9.17) is 4.74 Å². The van der Waals surface area contributed by atoms with Gasteiger partial charge >= 0.3 is 0 Å². The lowest BCUT2D eigenvalue weighted by Gasteiger charge is -2.16. The molecule has 19 heavy (non-hydrogen) atoms. The standard InChI is InChI=1S/C13H21N3O3/c1-9(2)12(17)16-10-7-14-8-11(15-10)19-6-5-13(3,4)18/h7-9,18H,5-6H2,1-4H3,(H,15,16,17). The van der Waals surface area contributed by atoms with Gasteiger partial charge in [-0.2, -0.15) is 4.98 Å². The lowest BCUT2D eigenvalue weighted by atomic mass is 10.1. The summed E-state index contributed by atoms with van der Waals surface area (Å²) in [7, 11) is 0. The van der Waals surface area contributed by atoms with Crippen LogP contribution in [0.5, 0.6) is 5.88 Å². The first-order chi connectivity index (χ1) is 8.78. The summed E-state index contributed by atoms with van der Waals surface area (Å²) >= 11 is 0. The van der Waals surface area contributed by atoms with Gasteiger partial charge in [0.15, 0.2) is 5.82 Å². The van der Waals surface area contributed by atoms with Crippen LogP contribution in [-0.4, -0.2) is 33.2 Å². The minimum atomic E-state index is -0.781. The topological polar surface area (TPSA) is 84.3 Å². The van der Waals surface area contributed by atoms with E-state index in [0.717, 1.165) is 0 Å². The van der Waals surface area contributed by atoms with Crippen LogP contribution in [0.3, 0.4) is 0 Å². The second kappa shape index (κ2) is 6.47. The van der Waals surface area contributed by atoms with Crippen molar-refractivity contribution in [2.24, 2.45) is 5.92 Å². The molecule has 1 amide bonds. The van der Waals surface area contributed by atoms with E-state index in [9.17, 15) is 9.90 Å². The normalized spacial score (nSPS) is 11.5. The maximum Gasteiger partial charge on any atom is 0.234 e. The smallest absolute Gasteiger partial charge is 0.234 e. The first-order valence-corrected chi connectivity index (χ1v) is 6.26. The summed E-state index contributed by atoms with van der Waals surface area (Å²) < 4.78 is 5.38. The summed E-state index contributed by atoms with van der Waals surface area (Å²) in [5.74, 6) is 0.440. The van der Waals surface area contributed by atoms with Crippen LogP contribution in [-0.2, 0) is 4.79 Å². The van der Waals surface area contributed by atoms with Crippen LogP contribution >= 0.6 is 0 Å². The Kier molecular flexibility index (Phi) is 5.23. The monoisotopic (exact) mass is 267 g/mol. The fraction of sp³-hybridized carbons (Fsp3) is 0.615. The number of anilines is 1. The number of carbonyl (C=O) groups is 1. The molecule has 0 radical (unpaired) electrons. The van der Waals surface area contributed by atoms with Gasteiger partial charge in [-0.25, -0.2) is 0 Å². The number of nitrogens with zero attached hydrogens (tertiary/aromatic N) is 2. The Bertz CT molecular complexity index is 427. The molecule has 2 N–H and O–H groups in total. The second-order valence-electron chi connectivity index (χ2n) is 5.30. The average Bonchev–Trinajstić information content (AvgIpc) is 2.27. The zero-order valence-electron chi connectivity index (χ0n) is 11.8. The van der Waals surface area contributed by atoms with E-state index >= 15 is 0 Å². The van der Waals surface area contributed by atoms with E-state index in [0.29, 0.717) is 24.7 Å². The minimum absolute atomic E-state index is 0.122. The summed E-state index contributed by atoms with van der Waals surface area (Å²) in [6.07, 6.45) is 3.41.